The van der Waals surface area contributed by atoms with Gasteiger partial charge in [0.05, 0.1) is 0 Å². The van der Waals surface area contributed by atoms with E-state index in [9.17, 15) is 4.79 Å². The van der Waals surface area contributed by atoms with Crippen LogP contribution in [0.4, 0.5) is 0 Å². The summed E-state index contributed by atoms with van der Waals surface area (Å²) in [4.78, 5) is 23.1. The summed E-state index contributed by atoms with van der Waals surface area (Å²) < 4.78 is 5.66. The summed E-state index contributed by atoms with van der Waals surface area (Å²) in [6.45, 7) is 1.65. The van der Waals surface area contributed by atoms with E-state index in [1.807, 2.05) is 35.4 Å². The van der Waals surface area contributed by atoms with Crippen molar-refractivity contribution in [2.24, 2.45) is 4.99 Å². The average Bonchev–Trinajstić information content (AvgIpc) is 3.25. The number of likely N-dealkylation sites (tertiary alicyclic amines) is 1. The first-order valence-electron chi connectivity index (χ1n) is 7.63. The third-order valence-electron chi connectivity index (χ3n) is 4.39. The fraction of sp³-hybridized carbons (Fsp3) is 0.353. The second-order valence-corrected chi connectivity index (χ2v) is 5.74. The molecule has 0 radical (unpaired) electrons. The van der Waals surface area contributed by atoms with Crippen LogP contribution >= 0.6 is 0 Å². The van der Waals surface area contributed by atoms with Gasteiger partial charge in [0.2, 0.25) is 0 Å². The lowest BCUT2D eigenvalue weighted by molar-refractivity contribution is -0.133. The van der Waals surface area contributed by atoms with Crippen LogP contribution in [0.25, 0.3) is 10.8 Å². The highest BCUT2D eigenvalue weighted by Crippen LogP contribution is 2.33. The van der Waals surface area contributed by atoms with Gasteiger partial charge in [0, 0.05) is 36.4 Å². The quantitative estimate of drug-likeness (QED) is 0.854. The van der Waals surface area contributed by atoms with Gasteiger partial charge in [-0.3, -0.25) is 9.78 Å². The molecule has 0 unspecified atom stereocenters. The molecule has 5 heteroatoms. The number of aromatic nitrogens is 1. The van der Waals surface area contributed by atoms with Crippen molar-refractivity contribution in [1.82, 2.24) is 9.88 Å². The van der Waals surface area contributed by atoms with Crippen molar-refractivity contribution in [3.63, 3.8) is 0 Å². The zero-order valence-corrected chi connectivity index (χ0v) is 12.2. The number of hydrogen-bond acceptors (Lipinski definition) is 4. The summed E-state index contributed by atoms with van der Waals surface area (Å²) in [5.41, 5.74) is 0.924. The number of hydrogen-bond donors (Lipinski definition) is 0. The van der Waals surface area contributed by atoms with Crippen LogP contribution in [0.3, 0.4) is 0 Å². The normalized spacial score (nSPS) is 23.9. The SMILES string of the molecule is O=C([C@H]1N=CO[C@@H]1c1cncc2ccccc12)N1CCCC1. The Bertz CT molecular complexity index is 732. The van der Waals surface area contributed by atoms with Gasteiger partial charge in [-0.15, -0.1) is 0 Å². The number of benzene rings is 1. The molecule has 1 aromatic heterocycles. The number of rotatable bonds is 2. The van der Waals surface area contributed by atoms with E-state index in [2.05, 4.69) is 9.98 Å². The van der Waals surface area contributed by atoms with E-state index in [0.717, 1.165) is 42.3 Å². The van der Waals surface area contributed by atoms with Crippen LogP contribution < -0.4 is 0 Å². The lowest BCUT2D eigenvalue weighted by atomic mass is 9.98. The second kappa shape index (κ2) is 5.40. The van der Waals surface area contributed by atoms with Gasteiger partial charge >= 0.3 is 0 Å². The van der Waals surface area contributed by atoms with Gasteiger partial charge in [0.15, 0.2) is 18.5 Å². The van der Waals surface area contributed by atoms with Gasteiger partial charge in [0.1, 0.15) is 0 Å². The molecule has 1 fully saturated rings. The van der Waals surface area contributed by atoms with E-state index in [0.29, 0.717) is 0 Å². The minimum atomic E-state index is -0.495. The van der Waals surface area contributed by atoms with Crippen LogP contribution in [0.1, 0.15) is 24.5 Å². The summed E-state index contributed by atoms with van der Waals surface area (Å²) >= 11 is 0. The highest BCUT2D eigenvalue weighted by Gasteiger charge is 2.38. The predicted molar refractivity (Wildman–Crippen MR) is 83.7 cm³/mol. The van der Waals surface area contributed by atoms with E-state index < -0.39 is 6.04 Å². The van der Waals surface area contributed by atoms with Crippen molar-refractivity contribution in [3.8, 4) is 0 Å². The first kappa shape index (κ1) is 13.2. The topological polar surface area (TPSA) is 54.8 Å². The van der Waals surface area contributed by atoms with Gasteiger partial charge in [-0.05, 0) is 18.2 Å². The summed E-state index contributed by atoms with van der Waals surface area (Å²) in [5, 5.41) is 2.11. The predicted octanol–water partition coefficient (Wildman–Crippen LogP) is 2.33. The molecule has 2 aliphatic heterocycles. The number of fused-ring (bicyclic) bond motifs is 1. The van der Waals surface area contributed by atoms with Crippen molar-refractivity contribution in [3.05, 3.63) is 42.2 Å². The summed E-state index contributed by atoms with van der Waals surface area (Å²) in [5.74, 6) is 0.0594. The van der Waals surface area contributed by atoms with E-state index in [1.165, 1.54) is 6.40 Å². The minimum Gasteiger partial charge on any atom is -0.473 e. The zero-order valence-electron chi connectivity index (χ0n) is 12.2. The van der Waals surface area contributed by atoms with Crippen molar-refractivity contribution >= 4 is 23.1 Å². The van der Waals surface area contributed by atoms with Crippen LogP contribution in [0.2, 0.25) is 0 Å². The Morgan fingerprint density at radius 1 is 1.18 bits per heavy atom. The lowest BCUT2D eigenvalue weighted by Gasteiger charge is -2.23. The lowest BCUT2D eigenvalue weighted by Crippen LogP contribution is -2.38. The standard InChI is InChI=1S/C17H17N3O2/c21-17(20-7-3-4-8-20)15-16(22-11-19-15)14-10-18-9-12-5-1-2-6-13(12)14/h1-2,5-6,9-11,15-16H,3-4,7-8H2/t15-,16+/m0/s1. The molecule has 2 aromatic rings. The van der Waals surface area contributed by atoms with Crippen molar-refractivity contribution in [2.75, 3.05) is 13.1 Å². The number of carbonyl (C=O) groups excluding carboxylic acids is 1. The van der Waals surface area contributed by atoms with Gasteiger partial charge < -0.3 is 9.64 Å². The number of nitrogens with zero attached hydrogens (tertiary/aromatic N) is 3. The Hall–Kier alpha value is -2.43. The highest BCUT2D eigenvalue weighted by atomic mass is 16.5. The van der Waals surface area contributed by atoms with E-state index in [1.54, 1.807) is 6.20 Å². The maximum Gasteiger partial charge on any atom is 0.251 e. The van der Waals surface area contributed by atoms with E-state index >= 15 is 0 Å². The molecule has 2 atom stereocenters. The Balaban J connectivity index is 1.70. The molecule has 0 saturated carbocycles. The molecular weight excluding hydrogens is 278 g/mol. The second-order valence-electron chi connectivity index (χ2n) is 5.74. The van der Waals surface area contributed by atoms with Crippen LogP contribution in [0, 0.1) is 0 Å². The molecule has 1 amide bonds. The fourth-order valence-corrected chi connectivity index (χ4v) is 3.25. The molecule has 4 rings (SSSR count). The Kier molecular flexibility index (Phi) is 3.25. The molecule has 2 aliphatic rings. The molecule has 0 N–H and O–H groups in total. The smallest absolute Gasteiger partial charge is 0.251 e. The fourth-order valence-electron chi connectivity index (χ4n) is 3.25. The van der Waals surface area contributed by atoms with Crippen LogP contribution in [-0.2, 0) is 9.53 Å². The third kappa shape index (κ3) is 2.13. The van der Waals surface area contributed by atoms with Gasteiger partial charge in [0.25, 0.3) is 5.91 Å². The van der Waals surface area contributed by atoms with Crippen LogP contribution in [0.5, 0.6) is 0 Å². The number of carbonyl (C=O) groups is 1. The van der Waals surface area contributed by atoms with E-state index in [-0.39, 0.29) is 12.0 Å². The summed E-state index contributed by atoms with van der Waals surface area (Å²) in [6.07, 6.45) is 6.78. The molecular formula is C17H17N3O2. The molecule has 112 valence electrons. The molecule has 22 heavy (non-hydrogen) atoms. The first-order valence-corrected chi connectivity index (χ1v) is 7.63. The monoisotopic (exact) mass is 295 g/mol. The number of ether oxygens (including phenoxy) is 1. The van der Waals surface area contributed by atoms with Crippen LogP contribution in [0.15, 0.2) is 41.7 Å². The maximum absolute atomic E-state index is 12.7. The Morgan fingerprint density at radius 2 is 2.00 bits per heavy atom. The minimum absolute atomic E-state index is 0.0594. The number of aliphatic imine (C=N–C) groups is 1. The third-order valence-corrected chi connectivity index (χ3v) is 4.39. The summed E-state index contributed by atoms with van der Waals surface area (Å²) in [7, 11) is 0. The molecule has 3 heterocycles. The zero-order chi connectivity index (χ0) is 14.9. The first-order chi connectivity index (χ1) is 10.8. The highest BCUT2D eigenvalue weighted by molar-refractivity contribution is 5.89. The molecule has 1 aromatic carbocycles. The number of pyridine rings is 1. The van der Waals surface area contributed by atoms with Gasteiger partial charge in [-0.1, -0.05) is 24.3 Å². The van der Waals surface area contributed by atoms with Crippen molar-refractivity contribution in [1.29, 1.82) is 0 Å². The molecule has 0 aliphatic carbocycles. The molecule has 5 nitrogen and oxygen atoms in total. The molecule has 0 spiro atoms. The Labute approximate surface area is 128 Å². The average molecular weight is 295 g/mol. The summed E-state index contributed by atoms with van der Waals surface area (Å²) in [6, 6.07) is 7.52. The van der Waals surface area contributed by atoms with Gasteiger partial charge in [-0.2, -0.15) is 0 Å². The van der Waals surface area contributed by atoms with E-state index in [4.69, 9.17) is 4.74 Å². The molecule has 1 saturated heterocycles. The van der Waals surface area contributed by atoms with Gasteiger partial charge in [-0.25, -0.2) is 4.99 Å². The molecule has 0 bridgehead atoms. The van der Waals surface area contributed by atoms with Crippen molar-refractivity contribution in [2.45, 2.75) is 25.0 Å². The number of amides is 1. The maximum atomic E-state index is 12.7. The van der Waals surface area contributed by atoms with Crippen molar-refractivity contribution < 1.29 is 9.53 Å². The Morgan fingerprint density at radius 3 is 2.86 bits per heavy atom. The van der Waals surface area contributed by atoms with Crippen LogP contribution in [-0.4, -0.2) is 41.3 Å². The largest absolute Gasteiger partial charge is 0.473 e.